The fraction of sp³-hybridized carbons (Fsp3) is 0.857. The number of rotatable bonds is 45. The van der Waals surface area contributed by atoms with E-state index >= 15 is 0 Å². The Kier molecular flexibility index (Phi) is 41.5. The van der Waals surface area contributed by atoms with Crippen molar-refractivity contribution in [2.45, 2.75) is 219 Å². The van der Waals surface area contributed by atoms with E-state index in [0.717, 1.165) is 57.8 Å². The molecule has 0 bridgehead atoms. The van der Waals surface area contributed by atoms with Crippen molar-refractivity contribution in [1.82, 2.24) is 0 Å². The molecule has 0 amide bonds. The molecule has 0 rings (SSSR count). The summed E-state index contributed by atoms with van der Waals surface area (Å²) in [5.41, 5.74) is 0. The van der Waals surface area contributed by atoms with Crippen LogP contribution in [0.1, 0.15) is 213 Å². The van der Waals surface area contributed by atoms with Crippen LogP contribution in [0.25, 0.3) is 0 Å². The number of esters is 1. The van der Waals surface area contributed by atoms with Crippen molar-refractivity contribution >= 4 is 13.8 Å². The van der Waals surface area contributed by atoms with Gasteiger partial charge in [0.1, 0.15) is 19.3 Å². The van der Waals surface area contributed by atoms with Crippen LogP contribution in [0.3, 0.4) is 0 Å². The average Bonchev–Trinajstić information content (AvgIpc) is 3.18. The zero-order valence-electron chi connectivity index (χ0n) is 38.8. The third-order valence-corrected chi connectivity index (χ3v) is 11.5. The van der Waals surface area contributed by atoms with Crippen molar-refractivity contribution in [3.8, 4) is 0 Å². The third-order valence-electron chi connectivity index (χ3n) is 10.5. The van der Waals surface area contributed by atoms with Crippen LogP contribution in [0.5, 0.6) is 0 Å². The average molecular weight is 841 g/mol. The number of quaternary nitrogens is 1. The topological polar surface area (TPSA) is 91.3 Å². The molecule has 0 aromatic rings. The van der Waals surface area contributed by atoms with Crippen LogP contribution in [0.15, 0.2) is 36.5 Å². The largest absolute Gasteiger partial charge is 0.472 e. The Balaban J connectivity index is 4.09. The van der Waals surface area contributed by atoms with Crippen LogP contribution in [-0.4, -0.2) is 75.6 Å². The first-order valence-corrected chi connectivity index (χ1v) is 25.7. The van der Waals surface area contributed by atoms with Crippen molar-refractivity contribution in [3.05, 3.63) is 36.5 Å². The van der Waals surface area contributed by atoms with E-state index < -0.39 is 13.9 Å². The lowest BCUT2D eigenvalue weighted by atomic mass is 10.0. The monoisotopic (exact) mass is 841 g/mol. The highest BCUT2D eigenvalue weighted by atomic mass is 31.2. The van der Waals surface area contributed by atoms with Crippen molar-refractivity contribution in [2.24, 2.45) is 0 Å². The molecule has 0 aromatic heterocycles. The van der Waals surface area contributed by atoms with Gasteiger partial charge < -0.3 is 18.9 Å². The summed E-state index contributed by atoms with van der Waals surface area (Å²) in [6.45, 7) is 5.50. The molecule has 0 aliphatic rings. The molecule has 8 nitrogen and oxygen atoms in total. The van der Waals surface area contributed by atoms with Crippen LogP contribution in [-0.2, 0) is 27.9 Å². The minimum Gasteiger partial charge on any atom is -0.457 e. The van der Waals surface area contributed by atoms with Gasteiger partial charge in [-0.05, 0) is 44.9 Å². The van der Waals surface area contributed by atoms with Crippen LogP contribution in [0.2, 0.25) is 0 Å². The molecule has 0 radical (unpaired) electrons. The minimum atomic E-state index is -4.28. The Morgan fingerprint density at radius 2 is 1.00 bits per heavy atom. The number of carbonyl (C=O) groups is 1. The van der Waals surface area contributed by atoms with E-state index in [0.29, 0.717) is 24.1 Å². The van der Waals surface area contributed by atoms with Gasteiger partial charge in [0.25, 0.3) is 0 Å². The molecular weight excluding hydrogens is 746 g/mol. The van der Waals surface area contributed by atoms with Gasteiger partial charge in [-0.1, -0.05) is 198 Å². The number of ether oxygens (including phenoxy) is 2. The molecule has 0 fully saturated rings. The normalized spacial score (nSPS) is 14.0. The molecule has 0 heterocycles. The molecule has 0 aromatic carbocycles. The maximum Gasteiger partial charge on any atom is 0.472 e. The summed E-state index contributed by atoms with van der Waals surface area (Å²) >= 11 is 0. The molecule has 342 valence electrons. The predicted octanol–water partition coefficient (Wildman–Crippen LogP) is 14.6. The molecule has 58 heavy (non-hydrogen) atoms. The highest BCUT2D eigenvalue weighted by Gasteiger charge is 2.26. The smallest absolute Gasteiger partial charge is 0.457 e. The van der Waals surface area contributed by atoms with Gasteiger partial charge >= 0.3 is 13.8 Å². The van der Waals surface area contributed by atoms with Gasteiger partial charge in [-0.15, -0.1) is 0 Å². The van der Waals surface area contributed by atoms with Gasteiger partial charge in [0, 0.05) is 13.0 Å². The van der Waals surface area contributed by atoms with E-state index in [1.807, 2.05) is 21.1 Å². The van der Waals surface area contributed by atoms with Crippen LogP contribution in [0.4, 0.5) is 0 Å². The van der Waals surface area contributed by atoms with Gasteiger partial charge in [0.15, 0.2) is 0 Å². The van der Waals surface area contributed by atoms with Crippen LogP contribution in [0, 0.1) is 0 Å². The van der Waals surface area contributed by atoms with E-state index in [9.17, 15) is 14.3 Å². The van der Waals surface area contributed by atoms with Crippen molar-refractivity contribution in [3.63, 3.8) is 0 Å². The number of unbranched alkanes of at least 4 members (excludes halogenated alkanes) is 25. The highest BCUT2D eigenvalue weighted by Crippen LogP contribution is 2.43. The Morgan fingerprint density at radius 1 is 0.552 bits per heavy atom. The number of hydrogen-bond donors (Lipinski definition) is 1. The second-order valence-corrected chi connectivity index (χ2v) is 18.9. The summed E-state index contributed by atoms with van der Waals surface area (Å²) in [6, 6.07) is 0. The van der Waals surface area contributed by atoms with Gasteiger partial charge in [0.05, 0.1) is 34.4 Å². The summed E-state index contributed by atoms with van der Waals surface area (Å²) in [6.07, 6.45) is 50.6. The third kappa shape index (κ3) is 45.8. The summed E-state index contributed by atoms with van der Waals surface area (Å²) < 4.78 is 35.0. The second-order valence-electron chi connectivity index (χ2n) is 17.5. The first-order valence-electron chi connectivity index (χ1n) is 24.2. The molecule has 0 spiro atoms. The SMILES string of the molecule is CC/C=C\C/C=C\C/C=C\CCCCCC(=O)OC(COCCCCCCCCCCCCCCCCCCCCCCCCC)COP(=O)(O)OCC[N+](C)(C)C. The number of phosphoric acid groups is 1. The molecule has 9 heteroatoms. The number of allylic oxidation sites excluding steroid dienone is 6. The minimum absolute atomic E-state index is 0.0836. The fourth-order valence-electron chi connectivity index (χ4n) is 6.74. The maximum atomic E-state index is 12.7. The Hall–Kier alpha value is -1.28. The Bertz CT molecular complexity index is 1020. The lowest BCUT2D eigenvalue weighted by molar-refractivity contribution is -0.870. The quantitative estimate of drug-likeness (QED) is 0.0215. The van der Waals surface area contributed by atoms with Crippen molar-refractivity contribution < 1.29 is 37.3 Å². The summed E-state index contributed by atoms with van der Waals surface area (Å²) in [5.74, 6) is -0.340. The summed E-state index contributed by atoms with van der Waals surface area (Å²) in [7, 11) is 1.65. The molecule has 0 aliphatic carbocycles. The van der Waals surface area contributed by atoms with Gasteiger partial charge in [-0.2, -0.15) is 0 Å². The van der Waals surface area contributed by atoms with Gasteiger partial charge in [-0.3, -0.25) is 13.8 Å². The second kappa shape index (κ2) is 42.4. The summed E-state index contributed by atoms with van der Waals surface area (Å²) in [5, 5.41) is 0. The number of nitrogens with zero attached hydrogens (tertiary/aromatic N) is 1. The van der Waals surface area contributed by atoms with Gasteiger partial charge in [-0.25, -0.2) is 4.57 Å². The molecule has 0 saturated heterocycles. The molecule has 2 unspecified atom stereocenters. The van der Waals surface area contributed by atoms with Crippen molar-refractivity contribution in [1.29, 1.82) is 0 Å². The number of carbonyl (C=O) groups excluding carboxylic acids is 1. The highest BCUT2D eigenvalue weighted by molar-refractivity contribution is 7.47. The lowest BCUT2D eigenvalue weighted by Gasteiger charge is -2.24. The van der Waals surface area contributed by atoms with Crippen LogP contribution >= 0.6 is 7.82 Å². The predicted molar refractivity (Wildman–Crippen MR) is 247 cm³/mol. The van der Waals surface area contributed by atoms with E-state index in [2.05, 4.69) is 50.3 Å². The lowest BCUT2D eigenvalue weighted by Crippen LogP contribution is -2.37. The number of hydrogen-bond acceptors (Lipinski definition) is 6. The van der Waals surface area contributed by atoms with E-state index in [1.54, 1.807) is 0 Å². The van der Waals surface area contributed by atoms with Gasteiger partial charge in [0.2, 0.25) is 0 Å². The molecule has 2 atom stereocenters. The van der Waals surface area contributed by atoms with E-state index in [4.69, 9.17) is 18.5 Å². The molecule has 0 aliphatic heterocycles. The van der Waals surface area contributed by atoms with E-state index in [-0.39, 0.29) is 25.8 Å². The molecule has 1 N–H and O–H groups in total. The van der Waals surface area contributed by atoms with Crippen LogP contribution < -0.4 is 0 Å². The zero-order valence-corrected chi connectivity index (χ0v) is 39.7. The fourth-order valence-corrected chi connectivity index (χ4v) is 7.49. The van der Waals surface area contributed by atoms with E-state index in [1.165, 1.54) is 135 Å². The number of phosphoric ester groups is 1. The van der Waals surface area contributed by atoms with Crippen molar-refractivity contribution in [2.75, 3.05) is 54.1 Å². The molecule has 0 saturated carbocycles. The molecular formula is C49H95NO7P+. The first-order chi connectivity index (χ1) is 28.1. The zero-order chi connectivity index (χ0) is 42.7. The number of likely N-dealkylation sites (N-methyl/N-ethyl adjacent to an activating group) is 1. The first kappa shape index (κ1) is 56.7. The maximum absolute atomic E-state index is 12.7. The Labute approximate surface area is 359 Å². The Morgan fingerprint density at radius 3 is 1.48 bits per heavy atom. The standard InChI is InChI=1S/C49H94NO7P/c1-6-8-10-12-14-16-18-20-21-22-23-24-25-26-27-28-29-31-33-35-37-39-41-44-54-46-48(47-56-58(52,53)55-45-43-50(3,4)5)57-49(51)42-40-38-36-34-32-30-19-17-15-13-11-9-7-2/h9,11,15,17,30,32,48H,6-8,10,12-14,16,18-29,31,33-47H2,1-5H3/p+1/b11-9-,17-15-,32-30-. The summed E-state index contributed by atoms with van der Waals surface area (Å²) in [4.78, 5) is 22.9.